The number of methoxy groups -OCH3 is 1. The van der Waals surface area contributed by atoms with E-state index in [1.165, 1.54) is 7.11 Å². The monoisotopic (exact) mass is 481 g/mol. The van der Waals surface area contributed by atoms with E-state index in [-0.39, 0.29) is 29.9 Å². The fourth-order valence-electron chi connectivity index (χ4n) is 4.92. The number of carbonyl (C=O) groups is 1. The van der Waals surface area contributed by atoms with Crippen molar-refractivity contribution in [2.24, 2.45) is 0 Å². The first-order valence-corrected chi connectivity index (χ1v) is 12.1. The molecule has 2 aliphatic rings. The first kappa shape index (κ1) is 23.6. The largest absolute Gasteiger partial charge is 0.496 e. The molecule has 2 N–H and O–H groups in total. The number of aryl methyl sites for hydroxylation is 1. The lowest BCUT2D eigenvalue weighted by Gasteiger charge is -2.46. The molecule has 1 aromatic carbocycles. The summed E-state index contributed by atoms with van der Waals surface area (Å²) in [5.41, 5.74) is 3.23. The van der Waals surface area contributed by atoms with Gasteiger partial charge in [-0.1, -0.05) is 6.07 Å². The molecular weight excluding hydrogens is 449 g/mol. The predicted octanol–water partition coefficient (Wildman–Crippen LogP) is 3.07. The van der Waals surface area contributed by atoms with Crippen LogP contribution in [-0.2, 0) is 11.3 Å². The molecule has 8 nitrogen and oxygen atoms in total. The van der Waals surface area contributed by atoms with Crippen molar-refractivity contribution in [3.8, 4) is 5.75 Å². The number of nitrogens with zero attached hydrogens (tertiary/aromatic N) is 3. The number of rotatable bonds is 5. The topological polar surface area (TPSA) is 80.1 Å². The molecule has 1 unspecified atom stereocenters. The van der Waals surface area contributed by atoms with Crippen molar-refractivity contribution in [2.75, 3.05) is 38.3 Å². The summed E-state index contributed by atoms with van der Waals surface area (Å²) in [5.74, 6) is -0.244. The van der Waals surface area contributed by atoms with Crippen molar-refractivity contribution in [1.82, 2.24) is 20.0 Å². The second-order valence-corrected chi connectivity index (χ2v) is 9.63. The fraction of sp³-hybridized carbons (Fsp3) is 0.462. The van der Waals surface area contributed by atoms with Gasteiger partial charge in [0.1, 0.15) is 17.2 Å². The van der Waals surface area contributed by atoms with Crippen LogP contribution in [0, 0.1) is 12.7 Å². The van der Waals surface area contributed by atoms with Crippen LogP contribution < -0.4 is 20.3 Å². The molecule has 35 heavy (non-hydrogen) atoms. The Morgan fingerprint density at radius 2 is 2.11 bits per heavy atom. The van der Waals surface area contributed by atoms with Crippen LogP contribution in [0.2, 0.25) is 0 Å². The third-order valence-electron chi connectivity index (χ3n) is 7.11. The SMILES string of the molecule is COc1cc2nc(C)cn2cc1C(=O)NCc1ccc(N2CCC3(CC2)COC(C)CN3)cc1F. The third kappa shape index (κ3) is 4.83. The normalized spacial score (nSPS) is 19.8. The van der Waals surface area contributed by atoms with Crippen LogP contribution in [0.15, 0.2) is 36.7 Å². The Morgan fingerprint density at radius 1 is 1.31 bits per heavy atom. The number of fused-ring (bicyclic) bond motifs is 1. The molecule has 2 aromatic heterocycles. The van der Waals surface area contributed by atoms with Gasteiger partial charge in [-0.15, -0.1) is 0 Å². The molecule has 9 heteroatoms. The summed E-state index contributed by atoms with van der Waals surface area (Å²) in [6.45, 7) is 7.33. The maximum atomic E-state index is 15.0. The minimum absolute atomic E-state index is 0.0330. The molecule has 2 fully saturated rings. The highest BCUT2D eigenvalue weighted by Gasteiger charge is 2.37. The molecule has 1 spiro atoms. The number of ether oxygens (including phenoxy) is 2. The minimum atomic E-state index is -0.337. The molecule has 3 aromatic rings. The number of carbonyl (C=O) groups excluding carboxylic acids is 1. The second-order valence-electron chi connectivity index (χ2n) is 9.63. The van der Waals surface area contributed by atoms with Crippen LogP contribution >= 0.6 is 0 Å². The molecule has 1 atom stereocenters. The lowest BCUT2D eigenvalue weighted by molar-refractivity contribution is -0.0321. The van der Waals surface area contributed by atoms with E-state index in [1.807, 2.05) is 19.2 Å². The van der Waals surface area contributed by atoms with Crippen molar-refractivity contribution in [3.63, 3.8) is 0 Å². The summed E-state index contributed by atoms with van der Waals surface area (Å²) in [6.07, 6.45) is 5.69. The Balaban J connectivity index is 1.22. The number of piperidine rings is 1. The molecular formula is C26H32FN5O3. The quantitative estimate of drug-likeness (QED) is 0.583. The van der Waals surface area contributed by atoms with Crippen LogP contribution in [-0.4, -0.2) is 60.3 Å². The zero-order valence-electron chi connectivity index (χ0n) is 20.4. The Labute approximate surface area is 204 Å². The van der Waals surface area contributed by atoms with E-state index in [0.717, 1.165) is 50.5 Å². The molecule has 0 bridgehead atoms. The number of hydrogen-bond donors (Lipinski definition) is 2. The molecule has 186 valence electrons. The van der Waals surface area contributed by atoms with Gasteiger partial charge in [-0.2, -0.15) is 0 Å². The van der Waals surface area contributed by atoms with E-state index in [2.05, 4.69) is 27.4 Å². The van der Waals surface area contributed by atoms with Crippen LogP contribution in [0.3, 0.4) is 0 Å². The average molecular weight is 482 g/mol. The highest BCUT2D eigenvalue weighted by atomic mass is 19.1. The molecule has 4 heterocycles. The Morgan fingerprint density at radius 3 is 2.80 bits per heavy atom. The average Bonchev–Trinajstić information content (AvgIpc) is 3.23. The molecule has 0 aliphatic carbocycles. The van der Waals surface area contributed by atoms with E-state index in [9.17, 15) is 9.18 Å². The minimum Gasteiger partial charge on any atom is -0.496 e. The van der Waals surface area contributed by atoms with Crippen molar-refractivity contribution < 1.29 is 18.7 Å². The van der Waals surface area contributed by atoms with Crippen molar-refractivity contribution in [3.05, 3.63) is 59.3 Å². The van der Waals surface area contributed by atoms with Gasteiger partial charge in [0.25, 0.3) is 5.91 Å². The lowest BCUT2D eigenvalue weighted by atomic mass is 9.86. The van der Waals surface area contributed by atoms with Gasteiger partial charge in [0.15, 0.2) is 0 Å². The summed E-state index contributed by atoms with van der Waals surface area (Å²) < 4.78 is 28.0. The Bertz CT molecular complexity index is 1230. The first-order chi connectivity index (χ1) is 16.9. The third-order valence-corrected chi connectivity index (χ3v) is 7.11. The fourth-order valence-corrected chi connectivity index (χ4v) is 4.92. The predicted molar refractivity (Wildman–Crippen MR) is 132 cm³/mol. The zero-order chi connectivity index (χ0) is 24.6. The van der Waals surface area contributed by atoms with E-state index in [0.29, 0.717) is 22.5 Å². The number of nitrogens with one attached hydrogen (secondary N) is 2. The summed E-state index contributed by atoms with van der Waals surface area (Å²) in [4.78, 5) is 19.5. The molecule has 0 radical (unpaired) electrons. The number of hydrogen-bond acceptors (Lipinski definition) is 6. The number of halogens is 1. The maximum absolute atomic E-state index is 15.0. The van der Waals surface area contributed by atoms with Gasteiger partial charge in [0.05, 0.1) is 31.1 Å². The number of amides is 1. The van der Waals surface area contributed by atoms with Crippen molar-refractivity contribution >= 4 is 17.2 Å². The Kier molecular flexibility index (Phi) is 6.37. The van der Waals surface area contributed by atoms with Gasteiger partial charge in [-0.25, -0.2) is 9.37 Å². The number of benzene rings is 1. The zero-order valence-corrected chi connectivity index (χ0v) is 20.4. The van der Waals surface area contributed by atoms with Crippen molar-refractivity contribution in [1.29, 1.82) is 0 Å². The van der Waals surface area contributed by atoms with Gasteiger partial charge in [-0.3, -0.25) is 4.79 Å². The van der Waals surface area contributed by atoms with Gasteiger partial charge in [-0.05, 0) is 38.8 Å². The highest BCUT2D eigenvalue weighted by Crippen LogP contribution is 2.30. The molecule has 1 amide bonds. The Hall–Kier alpha value is -3.17. The van der Waals surface area contributed by atoms with Gasteiger partial charge in [0.2, 0.25) is 0 Å². The van der Waals surface area contributed by atoms with Crippen molar-refractivity contribution in [2.45, 2.75) is 44.9 Å². The van der Waals surface area contributed by atoms with Gasteiger partial charge < -0.3 is 29.4 Å². The van der Waals surface area contributed by atoms with Gasteiger partial charge >= 0.3 is 0 Å². The number of morpholine rings is 1. The summed E-state index contributed by atoms with van der Waals surface area (Å²) in [6, 6.07) is 6.96. The smallest absolute Gasteiger partial charge is 0.256 e. The van der Waals surface area contributed by atoms with Crippen LogP contribution in [0.5, 0.6) is 5.75 Å². The summed E-state index contributed by atoms with van der Waals surface area (Å²) in [5, 5.41) is 6.47. The number of imidazole rings is 1. The van der Waals surface area contributed by atoms with E-state index in [1.54, 1.807) is 28.8 Å². The molecule has 0 saturated carbocycles. The highest BCUT2D eigenvalue weighted by molar-refractivity contribution is 5.97. The van der Waals surface area contributed by atoms with Crippen LogP contribution in [0.4, 0.5) is 10.1 Å². The number of anilines is 1. The van der Waals surface area contributed by atoms with E-state index >= 15 is 0 Å². The maximum Gasteiger partial charge on any atom is 0.256 e. The number of pyridine rings is 1. The van der Waals surface area contributed by atoms with E-state index < -0.39 is 0 Å². The molecule has 2 saturated heterocycles. The molecule has 5 rings (SSSR count). The van der Waals surface area contributed by atoms with E-state index in [4.69, 9.17) is 9.47 Å². The van der Waals surface area contributed by atoms with Crippen LogP contribution in [0.1, 0.15) is 41.4 Å². The lowest BCUT2D eigenvalue weighted by Crippen LogP contribution is -2.61. The number of aromatic nitrogens is 2. The van der Waals surface area contributed by atoms with Crippen LogP contribution in [0.25, 0.3) is 5.65 Å². The summed E-state index contributed by atoms with van der Waals surface area (Å²) in [7, 11) is 1.51. The van der Waals surface area contributed by atoms with Gasteiger partial charge in [0, 0.05) is 61.4 Å². The standard InChI is InChI=1S/C26H32FN5O3/c1-17-14-32-15-21(23(34-3)11-24(32)30-17)25(33)28-13-19-4-5-20(10-22(19)27)31-8-6-26(7-9-31)16-35-18(2)12-29-26/h4-5,10-11,14-15,18,29H,6-9,12-13,16H2,1-3H3,(H,28,33). The first-order valence-electron chi connectivity index (χ1n) is 12.1. The second kappa shape index (κ2) is 9.47. The summed E-state index contributed by atoms with van der Waals surface area (Å²) >= 11 is 0. The molecule has 2 aliphatic heterocycles.